The Balaban J connectivity index is 1.93. The lowest BCUT2D eigenvalue weighted by Gasteiger charge is -2.11. The number of hydrogen-bond acceptors (Lipinski definition) is 6. The fourth-order valence-corrected chi connectivity index (χ4v) is 3.32. The molecule has 0 saturated heterocycles. The summed E-state index contributed by atoms with van der Waals surface area (Å²) in [5.74, 6) is 0.303. The van der Waals surface area contributed by atoms with Gasteiger partial charge in [-0.15, -0.1) is 11.3 Å². The molecule has 5 nitrogen and oxygen atoms in total. The van der Waals surface area contributed by atoms with Crippen molar-refractivity contribution in [3.05, 3.63) is 47.0 Å². The van der Waals surface area contributed by atoms with E-state index in [0.717, 1.165) is 10.2 Å². The number of phenols is 1. The van der Waals surface area contributed by atoms with Gasteiger partial charge in [-0.25, -0.2) is 4.98 Å². The number of phenolic OH excluding ortho intramolecular Hbond substituents is 1. The van der Waals surface area contributed by atoms with Crippen LogP contribution in [0.5, 0.6) is 17.2 Å². The summed E-state index contributed by atoms with van der Waals surface area (Å²) in [5, 5.41) is 10.8. The minimum Gasteiger partial charge on any atom is -0.507 e. The van der Waals surface area contributed by atoms with E-state index in [1.165, 1.54) is 31.6 Å². The number of ketones is 1. The van der Waals surface area contributed by atoms with Crippen molar-refractivity contribution in [3.63, 3.8) is 0 Å². The van der Waals surface area contributed by atoms with E-state index in [1.807, 2.05) is 24.3 Å². The number of para-hydroxylation sites is 1. The van der Waals surface area contributed by atoms with Crippen LogP contribution in [0.1, 0.15) is 15.4 Å². The zero-order valence-electron chi connectivity index (χ0n) is 12.7. The summed E-state index contributed by atoms with van der Waals surface area (Å²) in [5.41, 5.74) is 1.01. The van der Waals surface area contributed by atoms with Crippen LogP contribution in [0.3, 0.4) is 0 Å². The van der Waals surface area contributed by atoms with Gasteiger partial charge in [0.2, 0.25) is 0 Å². The molecule has 0 atom stereocenters. The van der Waals surface area contributed by atoms with Crippen molar-refractivity contribution in [2.45, 2.75) is 6.42 Å². The van der Waals surface area contributed by atoms with E-state index in [1.54, 1.807) is 6.07 Å². The van der Waals surface area contributed by atoms with Crippen LogP contribution in [0.4, 0.5) is 0 Å². The molecule has 1 heterocycles. The molecular weight excluding hydrogens is 314 g/mol. The number of aromatic nitrogens is 1. The van der Waals surface area contributed by atoms with Gasteiger partial charge < -0.3 is 14.6 Å². The summed E-state index contributed by atoms with van der Waals surface area (Å²) in [4.78, 5) is 17.0. The van der Waals surface area contributed by atoms with Crippen LogP contribution in [-0.4, -0.2) is 30.1 Å². The lowest BCUT2D eigenvalue weighted by atomic mass is 10.1. The predicted molar refractivity (Wildman–Crippen MR) is 88.9 cm³/mol. The number of Topliss-reactive ketones (excluding diaryl/α,β-unsaturated/α-hetero) is 1. The zero-order chi connectivity index (χ0) is 16.4. The Kier molecular flexibility index (Phi) is 4.16. The molecule has 3 rings (SSSR count). The van der Waals surface area contributed by atoms with Gasteiger partial charge in [0, 0.05) is 12.1 Å². The molecule has 1 aromatic heterocycles. The fraction of sp³-hybridized carbons (Fsp3) is 0.176. The average molecular weight is 329 g/mol. The smallest absolute Gasteiger partial charge is 0.177 e. The highest BCUT2D eigenvalue weighted by Crippen LogP contribution is 2.34. The van der Waals surface area contributed by atoms with E-state index >= 15 is 0 Å². The van der Waals surface area contributed by atoms with Crippen molar-refractivity contribution >= 4 is 27.3 Å². The zero-order valence-corrected chi connectivity index (χ0v) is 13.5. The van der Waals surface area contributed by atoms with Crippen LogP contribution in [0, 0.1) is 0 Å². The summed E-state index contributed by atoms with van der Waals surface area (Å²) in [6.07, 6.45) is 0.107. The number of nitrogens with zero attached hydrogens (tertiary/aromatic N) is 1. The number of carbonyl (C=O) groups is 1. The molecule has 3 aromatic rings. The van der Waals surface area contributed by atoms with Crippen molar-refractivity contribution in [3.8, 4) is 17.2 Å². The Morgan fingerprint density at radius 1 is 1.22 bits per heavy atom. The number of ether oxygens (including phenoxy) is 2. The van der Waals surface area contributed by atoms with E-state index < -0.39 is 0 Å². The number of methoxy groups -OCH3 is 2. The maximum Gasteiger partial charge on any atom is 0.177 e. The third kappa shape index (κ3) is 2.98. The lowest BCUT2D eigenvalue weighted by Crippen LogP contribution is -2.06. The SMILES string of the molecule is COc1cc(O)c(C(=O)Cc2nc3ccccc3s2)c(OC)c1. The van der Waals surface area contributed by atoms with Crippen molar-refractivity contribution in [1.29, 1.82) is 0 Å². The number of fused-ring (bicyclic) bond motifs is 1. The highest BCUT2D eigenvalue weighted by atomic mass is 32.1. The molecular formula is C17H15NO4S. The van der Waals surface area contributed by atoms with Gasteiger partial charge in [0.25, 0.3) is 0 Å². The maximum absolute atomic E-state index is 12.6. The molecule has 0 aliphatic heterocycles. The second kappa shape index (κ2) is 6.26. The molecule has 1 N–H and O–H groups in total. The van der Waals surface area contributed by atoms with Gasteiger partial charge in [-0.1, -0.05) is 12.1 Å². The molecule has 6 heteroatoms. The van der Waals surface area contributed by atoms with Crippen molar-refractivity contribution in [2.24, 2.45) is 0 Å². The predicted octanol–water partition coefficient (Wildman–Crippen LogP) is 3.44. The number of rotatable bonds is 5. The van der Waals surface area contributed by atoms with Gasteiger partial charge in [0.15, 0.2) is 5.78 Å². The highest BCUT2D eigenvalue weighted by Gasteiger charge is 2.20. The monoisotopic (exact) mass is 329 g/mol. The highest BCUT2D eigenvalue weighted by molar-refractivity contribution is 7.18. The normalized spacial score (nSPS) is 10.7. The number of carbonyl (C=O) groups excluding carboxylic acids is 1. The number of thiazole rings is 1. The Hall–Kier alpha value is -2.60. The maximum atomic E-state index is 12.6. The molecule has 118 valence electrons. The fourth-order valence-electron chi connectivity index (χ4n) is 2.36. The molecule has 2 aromatic carbocycles. The summed E-state index contributed by atoms with van der Waals surface area (Å²) in [6.45, 7) is 0. The minimum atomic E-state index is -0.249. The summed E-state index contributed by atoms with van der Waals surface area (Å²) in [7, 11) is 2.93. The van der Waals surface area contributed by atoms with Crippen LogP contribution >= 0.6 is 11.3 Å². The Bertz CT molecular complexity index is 839. The van der Waals surface area contributed by atoms with E-state index in [2.05, 4.69) is 4.98 Å². The third-order valence-electron chi connectivity index (χ3n) is 3.44. The quantitative estimate of drug-likeness (QED) is 0.726. The molecule has 0 radical (unpaired) electrons. The van der Waals surface area contributed by atoms with Crippen LogP contribution in [0.25, 0.3) is 10.2 Å². The molecule has 0 saturated carbocycles. The van der Waals surface area contributed by atoms with E-state index in [0.29, 0.717) is 10.8 Å². The van der Waals surface area contributed by atoms with Gasteiger partial charge in [-0.05, 0) is 12.1 Å². The molecule has 0 spiro atoms. The van der Waals surface area contributed by atoms with Crippen molar-refractivity contribution < 1.29 is 19.4 Å². The summed E-state index contributed by atoms with van der Waals surface area (Å²) < 4.78 is 11.3. The van der Waals surface area contributed by atoms with Crippen LogP contribution < -0.4 is 9.47 Å². The summed E-state index contributed by atoms with van der Waals surface area (Å²) >= 11 is 1.47. The second-order valence-corrected chi connectivity index (χ2v) is 6.01. The standard InChI is InChI=1S/C17H15NO4S/c1-21-10-7-12(19)17(14(8-10)22-2)13(20)9-16-18-11-5-3-4-6-15(11)23-16/h3-8,19H,9H2,1-2H3. The largest absolute Gasteiger partial charge is 0.507 e. The van der Waals surface area contributed by atoms with Gasteiger partial charge in [0.1, 0.15) is 27.8 Å². The second-order valence-electron chi connectivity index (χ2n) is 4.90. The molecule has 0 unspecified atom stereocenters. The van der Waals surface area contributed by atoms with Crippen molar-refractivity contribution in [1.82, 2.24) is 4.98 Å². The van der Waals surface area contributed by atoms with Crippen LogP contribution in [-0.2, 0) is 6.42 Å². The number of hydrogen-bond donors (Lipinski definition) is 1. The molecule has 0 fully saturated rings. The lowest BCUT2D eigenvalue weighted by molar-refractivity contribution is 0.0987. The van der Waals surface area contributed by atoms with Crippen molar-refractivity contribution in [2.75, 3.05) is 14.2 Å². The van der Waals surface area contributed by atoms with Gasteiger partial charge in [-0.2, -0.15) is 0 Å². The van der Waals surface area contributed by atoms with Gasteiger partial charge in [0.05, 0.1) is 30.9 Å². The van der Waals surface area contributed by atoms with Crippen LogP contribution in [0.15, 0.2) is 36.4 Å². The summed E-state index contributed by atoms with van der Waals surface area (Å²) in [6, 6.07) is 10.7. The first-order valence-electron chi connectivity index (χ1n) is 6.95. The Labute approximate surface area is 137 Å². The molecule has 0 amide bonds. The molecule has 0 aliphatic rings. The minimum absolute atomic E-state index is 0.107. The van der Waals surface area contributed by atoms with Gasteiger partial charge >= 0.3 is 0 Å². The van der Waals surface area contributed by atoms with Crippen LogP contribution in [0.2, 0.25) is 0 Å². The first-order valence-corrected chi connectivity index (χ1v) is 7.76. The van der Waals surface area contributed by atoms with E-state index in [-0.39, 0.29) is 29.3 Å². The number of benzene rings is 2. The van der Waals surface area contributed by atoms with Gasteiger partial charge in [-0.3, -0.25) is 4.79 Å². The first-order chi connectivity index (χ1) is 11.1. The third-order valence-corrected chi connectivity index (χ3v) is 4.48. The molecule has 23 heavy (non-hydrogen) atoms. The topological polar surface area (TPSA) is 68.7 Å². The Morgan fingerprint density at radius 2 is 2.00 bits per heavy atom. The van der Waals surface area contributed by atoms with E-state index in [9.17, 15) is 9.90 Å². The number of aromatic hydroxyl groups is 1. The average Bonchev–Trinajstić information content (AvgIpc) is 2.95. The van der Waals surface area contributed by atoms with E-state index in [4.69, 9.17) is 9.47 Å². The molecule has 0 aliphatic carbocycles. The first kappa shape index (κ1) is 15.3. The molecule has 0 bridgehead atoms. The Morgan fingerprint density at radius 3 is 2.70 bits per heavy atom.